The van der Waals surface area contributed by atoms with Crippen LogP contribution in [0.4, 0.5) is 5.69 Å². The summed E-state index contributed by atoms with van der Waals surface area (Å²) in [6, 6.07) is 16.4. The molecule has 1 aliphatic carbocycles. The van der Waals surface area contributed by atoms with Gasteiger partial charge in [-0.1, -0.05) is 36.4 Å². The van der Waals surface area contributed by atoms with E-state index in [9.17, 15) is 15.4 Å². The van der Waals surface area contributed by atoms with Crippen LogP contribution in [0.2, 0.25) is 0 Å². The van der Waals surface area contributed by atoms with E-state index in [4.69, 9.17) is 10.5 Å². The van der Waals surface area contributed by atoms with Crippen molar-refractivity contribution in [1.29, 1.82) is 5.26 Å². The molecule has 128 valence electrons. The lowest BCUT2D eigenvalue weighted by molar-refractivity contribution is -0.384. The lowest BCUT2D eigenvalue weighted by Crippen LogP contribution is -2.23. The van der Waals surface area contributed by atoms with E-state index in [0.717, 1.165) is 29.5 Å². The third kappa shape index (κ3) is 2.42. The molecule has 1 unspecified atom stereocenters. The fourth-order valence-electron chi connectivity index (χ4n) is 3.67. The van der Waals surface area contributed by atoms with Gasteiger partial charge in [0.05, 0.1) is 4.92 Å². The van der Waals surface area contributed by atoms with E-state index in [0.29, 0.717) is 11.3 Å². The standard InChI is InChI=1S/C20H15N3O3/c21-11-17-18(13-5-8-14(9-6-13)23(24)25)16-10-7-12-3-1-2-4-15(12)19(16)26-20(17)22/h1-6,8-9,18H,7,10,22H2. The lowest BCUT2D eigenvalue weighted by atomic mass is 9.76. The first kappa shape index (κ1) is 15.9. The third-order valence-corrected chi connectivity index (χ3v) is 4.89. The Bertz CT molecular complexity index is 1010. The van der Waals surface area contributed by atoms with Gasteiger partial charge in [-0.25, -0.2) is 0 Å². The first-order chi connectivity index (χ1) is 12.6. The molecular formula is C20H15N3O3. The Kier molecular flexibility index (Phi) is 3.70. The van der Waals surface area contributed by atoms with Crippen LogP contribution in [-0.2, 0) is 11.2 Å². The Morgan fingerprint density at radius 3 is 2.58 bits per heavy atom. The number of aryl methyl sites for hydroxylation is 1. The normalized spacial score (nSPS) is 18.5. The van der Waals surface area contributed by atoms with Crippen LogP contribution in [0.5, 0.6) is 0 Å². The minimum Gasteiger partial charge on any atom is -0.440 e. The summed E-state index contributed by atoms with van der Waals surface area (Å²) in [5.41, 5.74) is 10.4. The highest BCUT2D eigenvalue weighted by Gasteiger charge is 2.35. The number of nitrogens with zero attached hydrogens (tertiary/aromatic N) is 2. The molecule has 2 aromatic rings. The Morgan fingerprint density at radius 2 is 1.88 bits per heavy atom. The molecule has 0 fully saturated rings. The number of nitro benzene ring substituents is 1. The third-order valence-electron chi connectivity index (χ3n) is 4.89. The summed E-state index contributed by atoms with van der Waals surface area (Å²) in [6.45, 7) is 0. The zero-order valence-corrected chi connectivity index (χ0v) is 13.8. The van der Waals surface area contributed by atoms with Crippen molar-refractivity contribution >= 4 is 11.4 Å². The van der Waals surface area contributed by atoms with Crippen molar-refractivity contribution in [1.82, 2.24) is 0 Å². The molecule has 2 aromatic carbocycles. The Hall–Kier alpha value is -3.59. The van der Waals surface area contributed by atoms with Gasteiger partial charge >= 0.3 is 0 Å². The highest BCUT2D eigenvalue weighted by atomic mass is 16.6. The van der Waals surface area contributed by atoms with Gasteiger partial charge < -0.3 is 10.5 Å². The van der Waals surface area contributed by atoms with E-state index in [-0.39, 0.29) is 17.5 Å². The summed E-state index contributed by atoms with van der Waals surface area (Å²) < 4.78 is 5.84. The number of nitriles is 1. The van der Waals surface area contributed by atoms with Gasteiger partial charge in [0.2, 0.25) is 5.88 Å². The number of rotatable bonds is 2. The zero-order valence-electron chi connectivity index (χ0n) is 13.8. The zero-order chi connectivity index (χ0) is 18.3. The maximum Gasteiger partial charge on any atom is 0.269 e. The van der Waals surface area contributed by atoms with Gasteiger partial charge in [-0.05, 0) is 29.5 Å². The number of ether oxygens (including phenoxy) is 1. The quantitative estimate of drug-likeness (QED) is 0.659. The molecule has 0 radical (unpaired) electrons. The summed E-state index contributed by atoms with van der Waals surface area (Å²) >= 11 is 0. The first-order valence-electron chi connectivity index (χ1n) is 8.23. The van der Waals surface area contributed by atoms with E-state index in [2.05, 4.69) is 12.1 Å². The smallest absolute Gasteiger partial charge is 0.269 e. The van der Waals surface area contributed by atoms with Crippen LogP contribution in [0.3, 0.4) is 0 Å². The summed E-state index contributed by atoms with van der Waals surface area (Å²) in [5.74, 6) is 0.441. The van der Waals surface area contributed by atoms with Gasteiger partial charge in [0, 0.05) is 23.6 Å². The van der Waals surface area contributed by atoms with Crippen molar-refractivity contribution < 1.29 is 9.66 Å². The van der Waals surface area contributed by atoms with Crippen molar-refractivity contribution in [2.24, 2.45) is 5.73 Å². The van der Waals surface area contributed by atoms with Gasteiger partial charge in [-0.3, -0.25) is 10.1 Å². The van der Waals surface area contributed by atoms with Crippen molar-refractivity contribution in [3.8, 4) is 6.07 Å². The summed E-state index contributed by atoms with van der Waals surface area (Å²) in [5, 5.41) is 20.5. The predicted octanol–water partition coefficient (Wildman–Crippen LogP) is 3.76. The van der Waals surface area contributed by atoms with Crippen LogP contribution in [0.1, 0.15) is 29.0 Å². The largest absolute Gasteiger partial charge is 0.440 e. The molecule has 1 atom stereocenters. The molecule has 0 spiro atoms. The number of hydrogen-bond donors (Lipinski definition) is 1. The predicted molar refractivity (Wildman–Crippen MR) is 95.4 cm³/mol. The monoisotopic (exact) mass is 345 g/mol. The topological polar surface area (TPSA) is 102 Å². The molecular weight excluding hydrogens is 330 g/mol. The van der Waals surface area contributed by atoms with E-state index in [1.54, 1.807) is 12.1 Å². The second-order valence-corrected chi connectivity index (χ2v) is 6.28. The number of hydrogen-bond acceptors (Lipinski definition) is 5. The average molecular weight is 345 g/mol. The number of allylic oxidation sites excluding steroid dienone is 2. The molecule has 1 aliphatic heterocycles. The van der Waals surface area contributed by atoms with E-state index < -0.39 is 4.92 Å². The second kappa shape index (κ2) is 6.05. The maximum atomic E-state index is 10.9. The van der Waals surface area contributed by atoms with Crippen LogP contribution in [0.15, 0.2) is 65.6 Å². The van der Waals surface area contributed by atoms with Crippen molar-refractivity contribution in [2.75, 3.05) is 0 Å². The number of fused-ring (bicyclic) bond motifs is 2. The fourth-order valence-corrected chi connectivity index (χ4v) is 3.67. The van der Waals surface area contributed by atoms with Crippen molar-refractivity contribution in [3.63, 3.8) is 0 Å². The lowest BCUT2D eigenvalue weighted by Gasteiger charge is -2.33. The van der Waals surface area contributed by atoms with E-state index in [1.165, 1.54) is 17.7 Å². The highest BCUT2D eigenvalue weighted by Crippen LogP contribution is 2.47. The summed E-state index contributed by atoms with van der Waals surface area (Å²) in [6.07, 6.45) is 1.59. The Balaban J connectivity index is 1.87. The summed E-state index contributed by atoms with van der Waals surface area (Å²) in [7, 11) is 0. The van der Waals surface area contributed by atoms with E-state index in [1.807, 2.05) is 18.2 Å². The first-order valence-corrected chi connectivity index (χ1v) is 8.23. The van der Waals surface area contributed by atoms with Gasteiger partial charge in [0.1, 0.15) is 17.4 Å². The van der Waals surface area contributed by atoms with Crippen LogP contribution >= 0.6 is 0 Å². The minimum atomic E-state index is -0.440. The molecule has 1 heterocycles. The number of nitrogens with two attached hydrogens (primary N) is 1. The van der Waals surface area contributed by atoms with Crippen LogP contribution in [-0.4, -0.2) is 4.92 Å². The second-order valence-electron chi connectivity index (χ2n) is 6.28. The van der Waals surface area contributed by atoms with Crippen LogP contribution < -0.4 is 5.73 Å². The molecule has 0 aromatic heterocycles. The molecule has 6 heteroatoms. The Morgan fingerprint density at radius 1 is 1.15 bits per heavy atom. The molecule has 6 nitrogen and oxygen atoms in total. The Labute approximate surface area is 150 Å². The van der Waals surface area contributed by atoms with Gasteiger partial charge in [0.15, 0.2) is 0 Å². The molecule has 0 saturated carbocycles. The minimum absolute atomic E-state index is 0.0134. The van der Waals surface area contributed by atoms with Crippen molar-refractivity contribution in [2.45, 2.75) is 18.8 Å². The molecule has 26 heavy (non-hydrogen) atoms. The molecule has 0 bridgehead atoms. The van der Waals surface area contributed by atoms with Gasteiger partial charge in [-0.15, -0.1) is 0 Å². The van der Waals surface area contributed by atoms with Gasteiger partial charge in [0.25, 0.3) is 5.69 Å². The van der Waals surface area contributed by atoms with E-state index >= 15 is 0 Å². The molecule has 2 N–H and O–H groups in total. The van der Waals surface area contributed by atoms with Crippen LogP contribution in [0.25, 0.3) is 5.76 Å². The summed E-state index contributed by atoms with van der Waals surface area (Å²) in [4.78, 5) is 10.5. The van der Waals surface area contributed by atoms with Crippen molar-refractivity contribution in [3.05, 3.63) is 92.4 Å². The number of nitro groups is 1. The molecule has 2 aliphatic rings. The van der Waals surface area contributed by atoms with Gasteiger partial charge in [-0.2, -0.15) is 5.26 Å². The fraction of sp³-hybridized carbons (Fsp3) is 0.150. The number of benzene rings is 2. The maximum absolute atomic E-state index is 10.9. The SMILES string of the molecule is N#CC1=C(N)OC2=C(CCc3ccccc32)C1c1ccc([N+](=O)[O-])cc1. The molecule has 0 saturated heterocycles. The average Bonchev–Trinajstić information content (AvgIpc) is 2.67. The molecule has 4 rings (SSSR count). The molecule has 0 amide bonds. The highest BCUT2D eigenvalue weighted by molar-refractivity contribution is 5.74. The van der Waals surface area contributed by atoms with Crippen LogP contribution in [0, 0.1) is 21.4 Å². The number of non-ortho nitro benzene ring substituents is 1.